The average molecular weight is 232 g/mol. The Hall–Kier alpha value is -2.21. The third kappa shape index (κ3) is 2.31. The van der Waals surface area contributed by atoms with Crippen molar-refractivity contribution >= 4 is 5.69 Å². The fraction of sp³-hybridized carbons (Fsp3) is 0.182. The predicted octanol–water partition coefficient (Wildman–Crippen LogP) is 1.42. The summed E-state index contributed by atoms with van der Waals surface area (Å²) in [5, 5.41) is 10.5. The number of non-ortho nitro benzene ring substituents is 1. The molecule has 2 aromatic rings. The summed E-state index contributed by atoms with van der Waals surface area (Å²) in [7, 11) is 0. The Bertz CT molecular complexity index is 519. The van der Waals surface area contributed by atoms with Crippen molar-refractivity contribution in [3.63, 3.8) is 0 Å². The Balaban J connectivity index is 2.33. The van der Waals surface area contributed by atoms with Crippen LogP contribution >= 0.6 is 0 Å². The zero-order valence-electron chi connectivity index (χ0n) is 9.11. The molecule has 6 nitrogen and oxygen atoms in total. The molecule has 0 saturated heterocycles. The van der Waals surface area contributed by atoms with Crippen LogP contribution in [-0.2, 0) is 6.54 Å². The molecule has 1 aromatic heterocycles. The number of hydrogen-bond acceptors (Lipinski definition) is 4. The van der Waals surface area contributed by atoms with Crippen molar-refractivity contribution in [3.05, 3.63) is 46.8 Å². The molecule has 0 radical (unpaired) electrons. The van der Waals surface area contributed by atoms with E-state index in [4.69, 9.17) is 5.73 Å². The molecule has 2 N–H and O–H groups in total. The molecule has 88 valence electrons. The summed E-state index contributed by atoms with van der Waals surface area (Å²) in [4.78, 5) is 14.3. The standard InChI is InChI=1S/C11H12N4O2/c12-5-7-14-8-6-13-11(14)9-1-3-10(4-2-9)15(16)17/h1-4,6,8H,5,7,12H2. The number of nitro groups is 1. The quantitative estimate of drug-likeness (QED) is 0.637. The Morgan fingerprint density at radius 1 is 1.35 bits per heavy atom. The molecular weight excluding hydrogens is 220 g/mol. The molecule has 0 bridgehead atoms. The minimum Gasteiger partial charge on any atom is -0.330 e. The smallest absolute Gasteiger partial charge is 0.269 e. The summed E-state index contributed by atoms with van der Waals surface area (Å²) in [5.41, 5.74) is 6.41. The third-order valence-corrected chi connectivity index (χ3v) is 2.42. The minimum atomic E-state index is -0.420. The van der Waals surface area contributed by atoms with Gasteiger partial charge >= 0.3 is 0 Å². The van der Waals surface area contributed by atoms with Crippen LogP contribution in [0.25, 0.3) is 11.4 Å². The normalized spacial score (nSPS) is 10.4. The Labute approximate surface area is 97.9 Å². The van der Waals surface area contributed by atoms with Gasteiger partial charge in [0, 0.05) is 43.2 Å². The second-order valence-electron chi connectivity index (χ2n) is 3.54. The van der Waals surface area contributed by atoms with Gasteiger partial charge in [0.2, 0.25) is 0 Å². The Morgan fingerprint density at radius 3 is 2.65 bits per heavy atom. The van der Waals surface area contributed by atoms with Crippen LogP contribution in [0.4, 0.5) is 5.69 Å². The summed E-state index contributed by atoms with van der Waals surface area (Å²) in [6, 6.07) is 6.31. The van der Waals surface area contributed by atoms with E-state index >= 15 is 0 Å². The lowest BCUT2D eigenvalue weighted by atomic mass is 10.2. The van der Waals surface area contributed by atoms with Crippen LogP contribution in [0.5, 0.6) is 0 Å². The van der Waals surface area contributed by atoms with Crippen LogP contribution in [-0.4, -0.2) is 21.0 Å². The fourth-order valence-electron chi connectivity index (χ4n) is 1.62. The first kappa shape index (κ1) is 11.3. The summed E-state index contributed by atoms with van der Waals surface area (Å²) in [6.45, 7) is 1.20. The summed E-state index contributed by atoms with van der Waals surface area (Å²) < 4.78 is 1.92. The maximum Gasteiger partial charge on any atom is 0.269 e. The number of imidazole rings is 1. The van der Waals surface area contributed by atoms with Crippen LogP contribution in [0.2, 0.25) is 0 Å². The Kier molecular flexibility index (Phi) is 3.15. The van der Waals surface area contributed by atoms with Gasteiger partial charge in [-0.3, -0.25) is 10.1 Å². The van der Waals surface area contributed by atoms with E-state index in [2.05, 4.69) is 4.98 Å². The van der Waals surface area contributed by atoms with E-state index in [0.29, 0.717) is 13.1 Å². The van der Waals surface area contributed by atoms with Crippen LogP contribution in [0, 0.1) is 10.1 Å². The van der Waals surface area contributed by atoms with Gasteiger partial charge in [-0.1, -0.05) is 0 Å². The lowest BCUT2D eigenvalue weighted by Crippen LogP contribution is -2.10. The molecule has 0 aliphatic rings. The highest BCUT2D eigenvalue weighted by molar-refractivity contribution is 5.57. The molecule has 0 fully saturated rings. The van der Waals surface area contributed by atoms with E-state index in [0.717, 1.165) is 11.4 Å². The van der Waals surface area contributed by atoms with E-state index in [1.165, 1.54) is 12.1 Å². The van der Waals surface area contributed by atoms with Crippen molar-refractivity contribution in [3.8, 4) is 11.4 Å². The van der Waals surface area contributed by atoms with Crippen LogP contribution in [0.1, 0.15) is 0 Å². The van der Waals surface area contributed by atoms with Gasteiger partial charge in [-0.2, -0.15) is 0 Å². The second kappa shape index (κ2) is 4.75. The van der Waals surface area contributed by atoms with Crippen LogP contribution < -0.4 is 5.73 Å². The first-order valence-corrected chi connectivity index (χ1v) is 5.18. The van der Waals surface area contributed by atoms with Gasteiger partial charge in [0.25, 0.3) is 5.69 Å². The van der Waals surface area contributed by atoms with E-state index in [1.807, 2.05) is 10.8 Å². The molecule has 0 spiro atoms. The minimum absolute atomic E-state index is 0.0747. The van der Waals surface area contributed by atoms with E-state index in [1.54, 1.807) is 18.3 Å². The highest BCUT2D eigenvalue weighted by Gasteiger charge is 2.08. The molecule has 0 aliphatic heterocycles. The van der Waals surface area contributed by atoms with Crippen molar-refractivity contribution in [1.82, 2.24) is 9.55 Å². The molecule has 2 rings (SSSR count). The van der Waals surface area contributed by atoms with Gasteiger partial charge in [-0.05, 0) is 12.1 Å². The number of nitro benzene ring substituents is 1. The summed E-state index contributed by atoms with van der Waals surface area (Å²) >= 11 is 0. The van der Waals surface area contributed by atoms with Gasteiger partial charge < -0.3 is 10.3 Å². The van der Waals surface area contributed by atoms with Gasteiger partial charge in [-0.25, -0.2) is 4.98 Å². The highest BCUT2D eigenvalue weighted by Crippen LogP contribution is 2.20. The third-order valence-electron chi connectivity index (χ3n) is 2.42. The molecule has 17 heavy (non-hydrogen) atoms. The number of rotatable bonds is 4. The number of benzene rings is 1. The first-order valence-electron chi connectivity index (χ1n) is 5.18. The number of aromatic nitrogens is 2. The molecule has 0 amide bonds. The maximum absolute atomic E-state index is 10.5. The molecule has 0 unspecified atom stereocenters. The Morgan fingerprint density at radius 2 is 2.06 bits per heavy atom. The predicted molar refractivity (Wildman–Crippen MR) is 63.4 cm³/mol. The monoisotopic (exact) mass is 232 g/mol. The molecule has 1 aromatic carbocycles. The molecule has 0 saturated carbocycles. The average Bonchev–Trinajstić information content (AvgIpc) is 2.78. The topological polar surface area (TPSA) is 87.0 Å². The van der Waals surface area contributed by atoms with Gasteiger partial charge in [-0.15, -0.1) is 0 Å². The summed E-state index contributed by atoms with van der Waals surface area (Å²) in [5.74, 6) is 0.769. The molecule has 0 aliphatic carbocycles. The fourth-order valence-corrected chi connectivity index (χ4v) is 1.62. The number of nitrogens with two attached hydrogens (primary N) is 1. The maximum atomic E-state index is 10.5. The van der Waals surface area contributed by atoms with Crippen molar-refractivity contribution in [2.24, 2.45) is 5.73 Å². The SMILES string of the molecule is NCCn1ccnc1-c1ccc([N+](=O)[O-])cc1. The van der Waals surface area contributed by atoms with Gasteiger partial charge in [0.1, 0.15) is 5.82 Å². The lowest BCUT2D eigenvalue weighted by Gasteiger charge is -2.05. The number of nitrogens with zero attached hydrogens (tertiary/aromatic N) is 3. The largest absolute Gasteiger partial charge is 0.330 e. The summed E-state index contributed by atoms with van der Waals surface area (Å²) in [6.07, 6.45) is 3.52. The van der Waals surface area contributed by atoms with Crippen LogP contribution in [0.3, 0.4) is 0 Å². The van der Waals surface area contributed by atoms with Crippen molar-refractivity contribution in [1.29, 1.82) is 0 Å². The van der Waals surface area contributed by atoms with Crippen molar-refractivity contribution in [2.45, 2.75) is 6.54 Å². The van der Waals surface area contributed by atoms with Crippen LogP contribution in [0.15, 0.2) is 36.7 Å². The van der Waals surface area contributed by atoms with E-state index in [9.17, 15) is 10.1 Å². The first-order chi connectivity index (χ1) is 8.22. The van der Waals surface area contributed by atoms with Crippen molar-refractivity contribution < 1.29 is 4.92 Å². The zero-order chi connectivity index (χ0) is 12.3. The lowest BCUT2D eigenvalue weighted by molar-refractivity contribution is -0.384. The molecule has 0 atom stereocenters. The van der Waals surface area contributed by atoms with Crippen molar-refractivity contribution in [2.75, 3.05) is 6.54 Å². The highest BCUT2D eigenvalue weighted by atomic mass is 16.6. The molecular formula is C11H12N4O2. The van der Waals surface area contributed by atoms with E-state index < -0.39 is 4.92 Å². The number of hydrogen-bond donors (Lipinski definition) is 1. The van der Waals surface area contributed by atoms with E-state index in [-0.39, 0.29) is 5.69 Å². The van der Waals surface area contributed by atoms with Gasteiger partial charge in [0.15, 0.2) is 0 Å². The van der Waals surface area contributed by atoms with Gasteiger partial charge in [0.05, 0.1) is 4.92 Å². The second-order valence-corrected chi connectivity index (χ2v) is 3.54. The molecule has 6 heteroatoms. The molecule has 1 heterocycles. The zero-order valence-corrected chi connectivity index (χ0v) is 9.11.